The summed E-state index contributed by atoms with van der Waals surface area (Å²) in [6.45, 7) is 1.37. The van der Waals surface area contributed by atoms with Gasteiger partial charge < -0.3 is 15.6 Å². The molecule has 4 heterocycles. The molecule has 4 N–H and O–H groups in total. The molecule has 12 heteroatoms. The highest BCUT2D eigenvalue weighted by Gasteiger charge is 2.70. The number of amides is 4. The van der Waals surface area contributed by atoms with Crippen molar-refractivity contribution >= 4 is 57.3 Å². The molecular weight excluding hydrogens is 540 g/mol. The summed E-state index contributed by atoms with van der Waals surface area (Å²) in [5, 5.41) is 21.4. The van der Waals surface area contributed by atoms with E-state index in [4.69, 9.17) is 0 Å². The van der Waals surface area contributed by atoms with E-state index in [1.165, 1.54) is 25.1 Å². The summed E-state index contributed by atoms with van der Waals surface area (Å²) in [5.74, 6) is -3.95. The number of hydrogen-bond acceptors (Lipinski definition) is 7. The lowest BCUT2D eigenvalue weighted by Gasteiger charge is -2.29. The second-order valence-electron chi connectivity index (χ2n) is 10.8. The molecule has 7 rings (SSSR count). The molecule has 0 radical (unpaired) electrons. The van der Waals surface area contributed by atoms with Crippen LogP contribution in [-0.2, 0) is 31.1 Å². The molecule has 4 aromatic rings. The fraction of sp³-hybridized carbons (Fsp3) is 0.200. The maximum atomic E-state index is 14.2. The van der Waals surface area contributed by atoms with Crippen molar-refractivity contribution in [3.8, 4) is 0 Å². The first-order valence-electron chi connectivity index (χ1n) is 13.4. The third kappa shape index (κ3) is 3.58. The summed E-state index contributed by atoms with van der Waals surface area (Å²) in [5.41, 5.74) is 1.29. The van der Waals surface area contributed by atoms with Crippen molar-refractivity contribution in [2.45, 2.75) is 24.9 Å². The van der Waals surface area contributed by atoms with Gasteiger partial charge in [-0.1, -0.05) is 18.2 Å². The van der Waals surface area contributed by atoms with E-state index in [0.29, 0.717) is 23.5 Å². The predicted molar refractivity (Wildman–Crippen MR) is 153 cm³/mol. The molecule has 3 aliphatic rings. The molecule has 12 nitrogen and oxygen atoms in total. The maximum absolute atomic E-state index is 14.2. The van der Waals surface area contributed by atoms with Gasteiger partial charge in [0.15, 0.2) is 0 Å². The van der Waals surface area contributed by atoms with Gasteiger partial charge >= 0.3 is 0 Å². The highest BCUT2D eigenvalue weighted by atomic mass is 16.6. The van der Waals surface area contributed by atoms with Gasteiger partial charge in [-0.15, -0.1) is 0 Å². The number of aromatic nitrogens is 1. The monoisotopic (exact) mass is 564 g/mol. The summed E-state index contributed by atoms with van der Waals surface area (Å²) in [7, 11) is 0. The first-order chi connectivity index (χ1) is 20.2. The number of non-ortho nitro benzene ring substituents is 1. The molecule has 0 saturated carbocycles. The molecule has 1 spiro atoms. The van der Waals surface area contributed by atoms with Crippen molar-refractivity contribution in [2.24, 2.45) is 11.8 Å². The lowest BCUT2D eigenvalue weighted by atomic mass is 9.76. The average Bonchev–Trinajstić information content (AvgIpc) is 3.67. The van der Waals surface area contributed by atoms with Gasteiger partial charge in [0.2, 0.25) is 23.6 Å². The number of rotatable bonds is 5. The summed E-state index contributed by atoms with van der Waals surface area (Å²) in [6.07, 6.45) is 2.17. The van der Waals surface area contributed by atoms with Crippen LogP contribution in [0.15, 0.2) is 72.9 Å². The van der Waals surface area contributed by atoms with E-state index in [9.17, 15) is 29.3 Å². The van der Waals surface area contributed by atoms with Crippen LogP contribution < -0.4 is 20.9 Å². The number of fused-ring (bicyclic) bond motifs is 5. The van der Waals surface area contributed by atoms with Crippen molar-refractivity contribution in [1.82, 2.24) is 10.3 Å². The highest BCUT2D eigenvalue weighted by molar-refractivity contribution is 6.26. The fourth-order valence-electron chi connectivity index (χ4n) is 6.77. The van der Waals surface area contributed by atoms with Crippen LogP contribution in [0.5, 0.6) is 0 Å². The van der Waals surface area contributed by atoms with Crippen molar-refractivity contribution in [2.75, 3.05) is 15.5 Å². The topological polar surface area (TPSA) is 167 Å². The highest BCUT2D eigenvalue weighted by Crippen LogP contribution is 2.54. The average molecular weight is 565 g/mol. The van der Waals surface area contributed by atoms with E-state index in [-0.39, 0.29) is 17.2 Å². The van der Waals surface area contributed by atoms with Crippen molar-refractivity contribution in [1.29, 1.82) is 0 Å². The quantitative estimate of drug-likeness (QED) is 0.164. The number of nitro groups is 1. The third-order valence-corrected chi connectivity index (χ3v) is 8.47. The molecule has 210 valence electrons. The number of carbonyl (C=O) groups excluding carboxylic acids is 4. The van der Waals surface area contributed by atoms with E-state index in [2.05, 4.69) is 20.9 Å². The molecule has 2 fully saturated rings. The number of para-hydroxylation sites is 1. The Morgan fingerprint density at radius 2 is 1.81 bits per heavy atom. The molecule has 3 aromatic carbocycles. The normalized spacial score (nSPS) is 24.3. The maximum Gasteiger partial charge on any atom is 0.269 e. The van der Waals surface area contributed by atoms with Crippen molar-refractivity contribution in [3.63, 3.8) is 0 Å². The van der Waals surface area contributed by atoms with Gasteiger partial charge in [0.05, 0.1) is 22.4 Å². The Labute approximate surface area is 238 Å². The van der Waals surface area contributed by atoms with Gasteiger partial charge in [-0.3, -0.25) is 34.6 Å². The van der Waals surface area contributed by atoms with Crippen LogP contribution in [0, 0.1) is 22.0 Å². The first kappa shape index (κ1) is 25.6. The molecular formula is C30H24N6O6. The Balaban J connectivity index is 1.35. The minimum atomic E-state index is -1.69. The summed E-state index contributed by atoms with van der Waals surface area (Å²) >= 11 is 0. The number of H-pyrrole nitrogens is 1. The van der Waals surface area contributed by atoms with Crippen LogP contribution in [0.4, 0.5) is 22.7 Å². The van der Waals surface area contributed by atoms with E-state index < -0.39 is 46.1 Å². The zero-order chi connectivity index (χ0) is 29.3. The van der Waals surface area contributed by atoms with E-state index in [0.717, 1.165) is 21.4 Å². The Kier molecular flexibility index (Phi) is 5.53. The molecule has 0 unspecified atom stereocenters. The lowest BCUT2D eigenvalue weighted by molar-refractivity contribution is -0.384. The molecule has 0 bridgehead atoms. The molecule has 1 aromatic heterocycles. The minimum Gasteiger partial charge on any atom is -0.361 e. The largest absolute Gasteiger partial charge is 0.361 e. The number of aromatic amines is 1. The number of nitrogens with zero attached hydrogens (tertiary/aromatic N) is 2. The second-order valence-corrected chi connectivity index (χ2v) is 10.8. The van der Waals surface area contributed by atoms with Gasteiger partial charge in [0.1, 0.15) is 5.54 Å². The smallest absolute Gasteiger partial charge is 0.269 e. The Hall–Kier alpha value is -5.36. The third-order valence-electron chi connectivity index (χ3n) is 8.47. The molecule has 0 aliphatic carbocycles. The number of carbonyl (C=O) groups is 4. The number of nitro benzene ring substituents is 1. The summed E-state index contributed by atoms with van der Waals surface area (Å²) in [4.78, 5) is 69.1. The predicted octanol–water partition coefficient (Wildman–Crippen LogP) is 3.20. The van der Waals surface area contributed by atoms with Gasteiger partial charge in [-0.2, -0.15) is 0 Å². The number of nitrogens with one attached hydrogen (secondary N) is 4. The lowest BCUT2D eigenvalue weighted by Crippen LogP contribution is -2.53. The van der Waals surface area contributed by atoms with Crippen molar-refractivity contribution in [3.05, 3.63) is 94.2 Å². The van der Waals surface area contributed by atoms with Crippen LogP contribution in [0.25, 0.3) is 10.9 Å². The van der Waals surface area contributed by atoms with Gasteiger partial charge in [0.25, 0.3) is 5.69 Å². The van der Waals surface area contributed by atoms with Crippen LogP contribution in [0.1, 0.15) is 18.1 Å². The Morgan fingerprint density at radius 3 is 2.55 bits per heavy atom. The summed E-state index contributed by atoms with van der Waals surface area (Å²) < 4.78 is 0. The van der Waals surface area contributed by atoms with Crippen LogP contribution in [0.2, 0.25) is 0 Å². The molecule has 2 saturated heterocycles. The van der Waals surface area contributed by atoms with E-state index in [1.807, 2.05) is 30.5 Å². The van der Waals surface area contributed by atoms with Crippen LogP contribution in [0.3, 0.4) is 0 Å². The molecule has 4 atom stereocenters. The van der Waals surface area contributed by atoms with Gasteiger partial charge in [0, 0.05) is 59.1 Å². The number of benzene rings is 3. The van der Waals surface area contributed by atoms with Crippen LogP contribution in [-0.4, -0.2) is 39.6 Å². The van der Waals surface area contributed by atoms with E-state index >= 15 is 0 Å². The minimum absolute atomic E-state index is 0.231. The number of imide groups is 1. The summed E-state index contributed by atoms with van der Waals surface area (Å²) in [6, 6.07) is 17.4. The Morgan fingerprint density at radius 1 is 1.05 bits per heavy atom. The van der Waals surface area contributed by atoms with Crippen LogP contribution >= 0.6 is 0 Å². The van der Waals surface area contributed by atoms with Crippen molar-refractivity contribution < 1.29 is 24.1 Å². The number of anilines is 3. The Bertz CT molecular complexity index is 1850. The second kappa shape index (κ2) is 9.08. The van der Waals surface area contributed by atoms with E-state index in [1.54, 1.807) is 24.3 Å². The van der Waals surface area contributed by atoms with Gasteiger partial charge in [-0.05, 0) is 48.4 Å². The molecule has 42 heavy (non-hydrogen) atoms. The zero-order valence-electron chi connectivity index (χ0n) is 22.2. The zero-order valence-corrected chi connectivity index (χ0v) is 22.2. The standard InChI is InChI=1S/C30H24N6O6/c1-15(37)32-17-6-8-18(9-7-17)35-27(38)25-24(12-16-14-31-22-5-3-2-4-20(16)22)34-30(26(25)28(35)39)21-13-19(36(41)42)10-11-23(21)33-29(30)40/h2-11,13-14,24-26,31,34H,12H2,1H3,(H,32,37)(H,33,40)/t24-,25+,26+,30+/m0/s1. The number of hydrogen-bond donors (Lipinski definition) is 4. The first-order valence-corrected chi connectivity index (χ1v) is 13.4. The SMILES string of the molecule is CC(=O)Nc1ccc(N2C(=O)[C@@H]3[C@H](Cc4c[nH]c5ccccc45)N[C@@]4(C(=O)Nc5ccc([N+](=O)[O-])cc54)[C@H]3C2=O)cc1. The van der Waals surface area contributed by atoms with Gasteiger partial charge in [-0.25, -0.2) is 4.90 Å². The molecule has 3 aliphatic heterocycles. The molecule has 4 amide bonds. The fourth-order valence-corrected chi connectivity index (χ4v) is 6.77.